The van der Waals surface area contributed by atoms with E-state index in [0.717, 1.165) is 19.1 Å². The lowest BCUT2D eigenvalue weighted by Crippen LogP contribution is -1.96. The molecule has 1 aromatic rings. The minimum absolute atomic E-state index is 0.711. The Kier molecular flexibility index (Phi) is 3.35. The molecule has 0 radical (unpaired) electrons. The molecule has 1 heterocycles. The number of rotatable bonds is 4. The molecular formula is C12H16OS. The molecular weight excluding hydrogens is 192 g/mol. The highest BCUT2D eigenvalue weighted by Gasteiger charge is 2.12. The van der Waals surface area contributed by atoms with E-state index in [1.807, 2.05) is 11.3 Å². The minimum atomic E-state index is 0.711. The van der Waals surface area contributed by atoms with E-state index >= 15 is 0 Å². The molecule has 1 aromatic heterocycles. The lowest BCUT2D eigenvalue weighted by Gasteiger charge is -2.08. The summed E-state index contributed by atoms with van der Waals surface area (Å²) in [7, 11) is 0. The first kappa shape index (κ1) is 9.91. The fraction of sp³-hybridized carbons (Fsp3) is 0.583. The second-order valence-corrected chi connectivity index (χ2v) is 5.15. The Bertz CT molecular complexity index is 291. The maximum absolute atomic E-state index is 10.2. The fourth-order valence-electron chi connectivity index (χ4n) is 2.04. The number of fused-ring (bicyclic) bond motifs is 1. The number of carbonyl (C=O) groups is 1. The number of thiophene rings is 1. The maximum Gasteiger partial charge on any atom is 0.120 e. The molecule has 76 valence electrons. The molecule has 2 heteroatoms. The second-order valence-electron chi connectivity index (χ2n) is 3.93. The first-order chi connectivity index (χ1) is 6.90. The van der Waals surface area contributed by atoms with Gasteiger partial charge in [0.05, 0.1) is 0 Å². The van der Waals surface area contributed by atoms with Crippen LogP contribution >= 0.6 is 11.3 Å². The molecule has 1 nitrogen and oxygen atoms in total. The topological polar surface area (TPSA) is 17.1 Å². The van der Waals surface area contributed by atoms with Crippen LogP contribution in [-0.2, 0) is 24.1 Å². The van der Waals surface area contributed by atoms with Gasteiger partial charge in [-0.2, -0.15) is 0 Å². The summed E-state index contributed by atoms with van der Waals surface area (Å²) in [6.45, 7) is 0. The molecule has 14 heavy (non-hydrogen) atoms. The van der Waals surface area contributed by atoms with Gasteiger partial charge in [0, 0.05) is 16.2 Å². The van der Waals surface area contributed by atoms with Gasteiger partial charge in [0.1, 0.15) is 6.29 Å². The van der Waals surface area contributed by atoms with E-state index in [1.165, 1.54) is 30.6 Å². The number of hydrogen-bond donors (Lipinski definition) is 0. The van der Waals surface area contributed by atoms with E-state index in [0.29, 0.717) is 6.42 Å². The summed E-state index contributed by atoms with van der Waals surface area (Å²) in [4.78, 5) is 13.3. The molecule has 0 N–H and O–H groups in total. The Balaban J connectivity index is 1.97. The first-order valence-corrected chi connectivity index (χ1v) is 6.26. The lowest BCUT2D eigenvalue weighted by molar-refractivity contribution is -0.107. The lowest BCUT2D eigenvalue weighted by atomic mass is 9.99. The molecule has 0 amide bonds. The van der Waals surface area contributed by atoms with Crippen molar-refractivity contribution in [2.75, 3.05) is 0 Å². The van der Waals surface area contributed by atoms with Crippen molar-refractivity contribution in [1.82, 2.24) is 0 Å². The largest absolute Gasteiger partial charge is 0.303 e. The number of unbranched alkanes of at least 4 members (excludes halogenated alkanes) is 1. The van der Waals surface area contributed by atoms with Crippen LogP contribution in [0.5, 0.6) is 0 Å². The van der Waals surface area contributed by atoms with Crippen molar-refractivity contribution in [3.63, 3.8) is 0 Å². The predicted molar refractivity (Wildman–Crippen MR) is 60.0 cm³/mol. The smallest absolute Gasteiger partial charge is 0.120 e. The van der Waals surface area contributed by atoms with E-state index < -0.39 is 0 Å². The third-order valence-electron chi connectivity index (χ3n) is 2.79. The molecule has 0 spiro atoms. The highest BCUT2D eigenvalue weighted by molar-refractivity contribution is 7.12. The maximum atomic E-state index is 10.2. The monoisotopic (exact) mass is 208 g/mol. The normalized spacial score (nSPS) is 15.1. The minimum Gasteiger partial charge on any atom is -0.303 e. The molecule has 2 rings (SSSR count). The SMILES string of the molecule is O=CCCCc1cc2c(s1)CCCC2. The van der Waals surface area contributed by atoms with Gasteiger partial charge in [-0.1, -0.05) is 0 Å². The van der Waals surface area contributed by atoms with Gasteiger partial charge in [0.2, 0.25) is 0 Å². The molecule has 0 aromatic carbocycles. The van der Waals surface area contributed by atoms with Crippen molar-refractivity contribution in [2.45, 2.75) is 44.9 Å². The Hall–Kier alpha value is -0.630. The predicted octanol–water partition coefficient (Wildman–Crippen LogP) is 3.15. The first-order valence-electron chi connectivity index (χ1n) is 5.44. The van der Waals surface area contributed by atoms with Crippen molar-refractivity contribution in [3.8, 4) is 0 Å². The summed E-state index contributed by atoms with van der Waals surface area (Å²) < 4.78 is 0. The van der Waals surface area contributed by atoms with Gasteiger partial charge in [-0.15, -0.1) is 11.3 Å². The van der Waals surface area contributed by atoms with E-state index in [2.05, 4.69) is 6.07 Å². The van der Waals surface area contributed by atoms with Crippen LogP contribution in [0.1, 0.15) is 41.0 Å². The second kappa shape index (κ2) is 4.74. The van der Waals surface area contributed by atoms with Gasteiger partial charge in [-0.25, -0.2) is 0 Å². The zero-order valence-corrected chi connectivity index (χ0v) is 9.24. The van der Waals surface area contributed by atoms with Crippen molar-refractivity contribution < 1.29 is 4.79 Å². The van der Waals surface area contributed by atoms with E-state index in [1.54, 1.807) is 10.4 Å². The van der Waals surface area contributed by atoms with Crippen LogP contribution in [0, 0.1) is 0 Å². The van der Waals surface area contributed by atoms with Crippen LogP contribution in [0.3, 0.4) is 0 Å². The average Bonchev–Trinajstić information content (AvgIpc) is 2.60. The van der Waals surface area contributed by atoms with Gasteiger partial charge in [0.15, 0.2) is 0 Å². The number of carbonyl (C=O) groups excluding carboxylic acids is 1. The molecule has 1 aliphatic carbocycles. The van der Waals surface area contributed by atoms with Crippen LogP contribution in [-0.4, -0.2) is 6.29 Å². The van der Waals surface area contributed by atoms with Crippen molar-refractivity contribution in [1.29, 1.82) is 0 Å². The van der Waals surface area contributed by atoms with Gasteiger partial charge in [0.25, 0.3) is 0 Å². The number of hydrogen-bond acceptors (Lipinski definition) is 2. The Morgan fingerprint density at radius 1 is 1.36 bits per heavy atom. The standard InChI is InChI=1S/C12H16OS/c13-8-4-3-6-11-9-10-5-1-2-7-12(10)14-11/h8-9H,1-7H2. The third kappa shape index (κ3) is 2.24. The molecule has 0 saturated heterocycles. The van der Waals surface area contributed by atoms with Crippen LogP contribution < -0.4 is 0 Å². The summed E-state index contributed by atoms with van der Waals surface area (Å²) in [5.41, 5.74) is 1.59. The summed E-state index contributed by atoms with van der Waals surface area (Å²) >= 11 is 1.97. The van der Waals surface area contributed by atoms with Crippen LogP contribution in [0.2, 0.25) is 0 Å². The molecule has 1 aliphatic rings. The van der Waals surface area contributed by atoms with Gasteiger partial charge < -0.3 is 4.79 Å². The van der Waals surface area contributed by atoms with Gasteiger partial charge >= 0.3 is 0 Å². The summed E-state index contributed by atoms with van der Waals surface area (Å²) in [5, 5.41) is 0. The van der Waals surface area contributed by atoms with Crippen molar-refractivity contribution in [2.24, 2.45) is 0 Å². The molecule has 0 fully saturated rings. The molecule has 0 aliphatic heterocycles. The van der Waals surface area contributed by atoms with Crippen LogP contribution in [0.15, 0.2) is 6.07 Å². The highest BCUT2D eigenvalue weighted by Crippen LogP contribution is 2.30. The Labute approximate surface area is 89.1 Å². The highest BCUT2D eigenvalue weighted by atomic mass is 32.1. The van der Waals surface area contributed by atoms with Gasteiger partial charge in [-0.05, 0) is 50.2 Å². The Morgan fingerprint density at radius 2 is 2.21 bits per heavy atom. The molecule has 0 atom stereocenters. The quantitative estimate of drug-likeness (QED) is 0.549. The Morgan fingerprint density at radius 3 is 3.00 bits per heavy atom. The number of aryl methyl sites for hydroxylation is 3. The summed E-state index contributed by atoms with van der Waals surface area (Å²) in [6, 6.07) is 2.37. The molecule has 0 unspecified atom stereocenters. The summed E-state index contributed by atoms with van der Waals surface area (Å²) in [5.74, 6) is 0. The number of aldehydes is 1. The molecule has 0 bridgehead atoms. The molecule has 0 saturated carbocycles. The van der Waals surface area contributed by atoms with Gasteiger partial charge in [-0.3, -0.25) is 0 Å². The zero-order valence-electron chi connectivity index (χ0n) is 8.42. The van der Waals surface area contributed by atoms with E-state index in [9.17, 15) is 4.79 Å². The van der Waals surface area contributed by atoms with Crippen molar-refractivity contribution in [3.05, 3.63) is 21.4 Å². The third-order valence-corrected chi connectivity index (χ3v) is 4.09. The average molecular weight is 208 g/mol. The fourth-order valence-corrected chi connectivity index (χ4v) is 3.34. The van der Waals surface area contributed by atoms with Crippen LogP contribution in [0.4, 0.5) is 0 Å². The van der Waals surface area contributed by atoms with Crippen LogP contribution in [0.25, 0.3) is 0 Å². The summed E-state index contributed by atoms with van der Waals surface area (Å²) in [6.07, 6.45) is 9.13. The zero-order chi connectivity index (χ0) is 9.80. The van der Waals surface area contributed by atoms with Crippen molar-refractivity contribution >= 4 is 17.6 Å². The van der Waals surface area contributed by atoms with E-state index in [4.69, 9.17) is 0 Å². The van der Waals surface area contributed by atoms with E-state index in [-0.39, 0.29) is 0 Å².